The lowest BCUT2D eigenvalue weighted by Crippen LogP contribution is -2.09. The van der Waals surface area contributed by atoms with E-state index in [9.17, 15) is 14.9 Å². The second-order valence-corrected chi connectivity index (χ2v) is 3.79. The van der Waals surface area contributed by atoms with Gasteiger partial charge in [-0.25, -0.2) is 4.79 Å². The fourth-order valence-corrected chi connectivity index (χ4v) is 1.71. The number of hydrogen-bond donors (Lipinski definition) is 2. The Morgan fingerprint density at radius 2 is 1.79 bits per heavy atom. The topological polar surface area (TPSA) is 92.5 Å². The molecule has 1 amide bonds. The van der Waals surface area contributed by atoms with Gasteiger partial charge in [-0.1, -0.05) is 36.4 Å². The zero-order chi connectivity index (χ0) is 13.8. The molecule has 2 rings (SSSR count). The zero-order valence-electron chi connectivity index (χ0n) is 9.74. The van der Waals surface area contributed by atoms with Crippen molar-refractivity contribution in [1.82, 2.24) is 0 Å². The lowest BCUT2D eigenvalue weighted by molar-refractivity contribution is -0.383. The van der Waals surface area contributed by atoms with Crippen LogP contribution < -0.4 is 5.32 Å². The predicted octanol–water partition coefficient (Wildman–Crippen LogP) is 3.35. The second-order valence-electron chi connectivity index (χ2n) is 3.79. The lowest BCUT2D eigenvalue weighted by atomic mass is 10.0. The van der Waals surface area contributed by atoms with E-state index in [4.69, 9.17) is 5.11 Å². The van der Waals surface area contributed by atoms with Crippen molar-refractivity contribution in [2.24, 2.45) is 0 Å². The maximum absolute atomic E-state index is 11.0. The summed E-state index contributed by atoms with van der Waals surface area (Å²) in [5.74, 6) is 0. The number of anilines is 1. The number of rotatable bonds is 3. The molecule has 6 nitrogen and oxygen atoms in total. The number of nitro benzene ring substituents is 1. The van der Waals surface area contributed by atoms with Crippen LogP contribution in [0.15, 0.2) is 48.5 Å². The minimum atomic E-state index is -1.34. The first-order chi connectivity index (χ1) is 9.08. The lowest BCUT2D eigenvalue weighted by Gasteiger charge is -2.05. The molecule has 0 saturated carbocycles. The molecule has 2 N–H and O–H groups in total. The zero-order valence-corrected chi connectivity index (χ0v) is 9.74. The number of nitrogens with one attached hydrogen (secondary N) is 1. The molecule has 0 spiro atoms. The van der Waals surface area contributed by atoms with Crippen LogP contribution in [0.4, 0.5) is 16.2 Å². The Morgan fingerprint density at radius 3 is 2.37 bits per heavy atom. The van der Waals surface area contributed by atoms with Crippen molar-refractivity contribution < 1.29 is 14.8 Å². The second kappa shape index (κ2) is 5.18. The smallest absolute Gasteiger partial charge is 0.409 e. The maximum Gasteiger partial charge on any atom is 0.409 e. The van der Waals surface area contributed by atoms with Gasteiger partial charge < -0.3 is 5.11 Å². The molecule has 0 aromatic heterocycles. The molecule has 0 aliphatic heterocycles. The Bertz CT molecular complexity index is 626. The number of benzene rings is 2. The van der Waals surface area contributed by atoms with E-state index in [-0.39, 0.29) is 11.4 Å². The standard InChI is InChI=1S/C13H10N2O4/c16-13(17)14-11-7-6-10(8-12(11)15(18)19)9-4-2-1-3-5-9/h1-8,14H,(H,16,17). The molecule has 19 heavy (non-hydrogen) atoms. The third kappa shape index (κ3) is 2.86. The molecule has 0 unspecified atom stereocenters. The largest absolute Gasteiger partial charge is 0.465 e. The van der Waals surface area contributed by atoms with Crippen LogP contribution in [0.3, 0.4) is 0 Å². The van der Waals surface area contributed by atoms with E-state index >= 15 is 0 Å². The minimum absolute atomic E-state index is 0.0443. The van der Waals surface area contributed by atoms with Crippen LogP contribution >= 0.6 is 0 Å². The van der Waals surface area contributed by atoms with Gasteiger partial charge in [-0.3, -0.25) is 15.4 Å². The average Bonchev–Trinajstić information content (AvgIpc) is 2.39. The molecule has 0 heterocycles. The third-order valence-electron chi connectivity index (χ3n) is 2.54. The fourth-order valence-electron chi connectivity index (χ4n) is 1.71. The first-order valence-corrected chi connectivity index (χ1v) is 5.42. The van der Waals surface area contributed by atoms with Crippen molar-refractivity contribution in [2.45, 2.75) is 0 Å². The van der Waals surface area contributed by atoms with Gasteiger partial charge in [-0.15, -0.1) is 0 Å². The quantitative estimate of drug-likeness (QED) is 0.652. The summed E-state index contributed by atoms with van der Waals surface area (Å²) in [6.07, 6.45) is -1.34. The molecular weight excluding hydrogens is 248 g/mol. The Balaban J connectivity index is 2.48. The molecule has 0 saturated heterocycles. The Labute approximate surface area is 108 Å². The summed E-state index contributed by atoms with van der Waals surface area (Å²) in [6, 6.07) is 13.5. The summed E-state index contributed by atoms with van der Waals surface area (Å²) < 4.78 is 0. The third-order valence-corrected chi connectivity index (χ3v) is 2.54. The summed E-state index contributed by atoms with van der Waals surface area (Å²) in [5.41, 5.74) is 1.16. The van der Waals surface area contributed by atoms with Gasteiger partial charge in [0.25, 0.3) is 5.69 Å². The van der Waals surface area contributed by atoms with Crippen molar-refractivity contribution in [2.75, 3.05) is 5.32 Å². The van der Waals surface area contributed by atoms with E-state index in [1.807, 2.05) is 35.6 Å². The summed E-state index contributed by atoms with van der Waals surface area (Å²) in [6.45, 7) is 0. The van der Waals surface area contributed by atoms with E-state index in [2.05, 4.69) is 0 Å². The summed E-state index contributed by atoms with van der Waals surface area (Å²) in [7, 11) is 0. The van der Waals surface area contributed by atoms with Gasteiger partial charge >= 0.3 is 6.09 Å². The van der Waals surface area contributed by atoms with E-state index in [1.54, 1.807) is 6.07 Å². The van der Waals surface area contributed by atoms with Crippen molar-refractivity contribution >= 4 is 17.5 Å². The van der Waals surface area contributed by atoms with Gasteiger partial charge in [0.2, 0.25) is 0 Å². The number of amides is 1. The summed E-state index contributed by atoms with van der Waals surface area (Å²) >= 11 is 0. The molecule has 6 heteroatoms. The highest BCUT2D eigenvalue weighted by atomic mass is 16.6. The van der Waals surface area contributed by atoms with Crippen molar-refractivity contribution in [3.63, 3.8) is 0 Å². The average molecular weight is 258 g/mol. The van der Waals surface area contributed by atoms with Crippen LogP contribution in [0.2, 0.25) is 0 Å². The monoisotopic (exact) mass is 258 g/mol. The Kier molecular flexibility index (Phi) is 3.42. The molecule has 0 fully saturated rings. The Hall–Kier alpha value is -2.89. The van der Waals surface area contributed by atoms with Gasteiger partial charge in [0.15, 0.2) is 0 Å². The van der Waals surface area contributed by atoms with Gasteiger partial charge in [0.05, 0.1) is 4.92 Å². The van der Waals surface area contributed by atoms with Crippen LogP contribution in [0, 0.1) is 10.1 Å². The van der Waals surface area contributed by atoms with Crippen molar-refractivity contribution in [1.29, 1.82) is 0 Å². The highest BCUT2D eigenvalue weighted by molar-refractivity contribution is 5.87. The molecule has 0 aliphatic rings. The van der Waals surface area contributed by atoms with Crippen LogP contribution in [-0.2, 0) is 0 Å². The van der Waals surface area contributed by atoms with E-state index in [1.165, 1.54) is 12.1 Å². The van der Waals surface area contributed by atoms with E-state index in [0.717, 1.165) is 5.56 Å². The van der Waals surface area contributed by atoms with Crippen LogP contribution in [0.1, 0.15) is 0 Å². The molecular formula is C13H10N2O4. The number of hydrogen-bond acceptors (Lipinski definition) is 3. The molecule has 0 atom stereocenters. The first kappa shape index (κ1) is 12.6. The molecule has 0 radical (unpaired) electrons. The molecule has 2 aromatic rings. The molecule has 0 bridgehead atoms. The van der Waals surface area contributed by atoms with E-state index < -0.39 is 11.0 Å². The first-order valence-electron chi connectivity index (χ1n) is 5.42. The van der Waals surface area contributed by atoms with Gasteiger partial charge in [0.1, 0.15) is 5.69 Å². The van der Waals surface area contributed by atoms with Crippen molar-refractivity contribution in [3.8, 4) is 11.1 Å². The fraction of sp³-hybridized carbons (Fsp3) is 0. The van der Waals surface area contributed by atoms with Gasteiger partial charge in [-0.2, -0.15) is 0 Å². The highest BCUT2D eigenvalue weighted by Crippen LogP contribution is 2.30. The molecule has 0 aliphatic carbocycles. The normalized spacial score (nSPS) is 9.89. The van der Waals surface area contributed by atoms with Crippen LogP contribution in [-0.4, -0.2) is 16.1 Å². The van der Waals surface area contributed by atoms with Crippen molar-refractivity contribution in [3.05, 3.63) is 58.6 Å². The highest BCUT2D eigenvalue weighted by Gasteiger charge is 2.16. The maximum atomic E-state index is 11.0. The molecule has 96 valence electrons. The van der Waals surface area contributed by atoms with E-state index in [0.29, 0.717) is 5.56 Å². The van der Waals surface area contributed by atoms with Crippen LogP contribution in [0.25, 0.3) is 11.1 Å². The number of nitrogens with zero attached hydrogens (tertiary/aromatic N) is 1. The SMILES string of the molecule is O=C(O)Nc1ccc(-c2ccccc2)cc1[N+](=O)[O-]. The molecule has 2 aromatic carbocycles. The van der Waals surface area contributed by atoms with Gasteiger partial charge in [-0.05, 0) is 17.2 Å². The van der Waals surface area contributed by atoms with Gasteiger partial charge in [0, 0.05) is 6.07 Å². The Morgan fingerprint density at radius 1 is 1.11 bits per heavy atom. The summed E-state index contributed by atoms with van der Waals surface area (Å²) in [5, 5.41) is 21.6. The number of carbonyl (C=O) groups is 1. The summed E-state index contributed by atoms with van der Waals surface area (Å²) in [4.78, 5) is 20.9. The minimum Gasteiger partial charge on any atom is -0.465 e. The van der Waals surface area contributed by atoms with Crippen LogP contribution in [0.5, 0.6) is 0 Å². The number of nitro groups is 1. The number of carboxylic acid groups (broad SMARTS) is 1. The predicted molar refractivity (Wildman–Crippen MR) is 70.2 cm³/mol.